The van der Waals surface area contributed by atoms with E-state index in [1.54, 1.807) is 0 Å². The first-order chi connectivity index (χ1) is 8.00. The fourth-order valence-corrected chi connectivity index (χ4v) is 1.96. The fourth-order valence-electron chi connectivity index (χ4n) is 1.96. The van der Waals surface area contributed by atoms with Crippen LogP contribution >= 0.6 is 0 Å². The Bertz CT molecular complexity index is 243. The predicted molar refractivity (Wildman–Crippen MR) is 71.1 cm³/mol. The van der Waals surface area contributed by atoms with Crippen molar-refractivity contribution in [2.24, 2.45) is 0 Å². The largest absolute Gasteiger partial charge is 0.339 e. The smallest absolute Gasteiger partial charge is 0.236 e. The van der Waals surface area contributed by atoms with Crippen LogP contribution in [0.1, 0.15) is 33.6 Å². The summed E-state index contributed by atoms with van der Waals surface area (Å²) in [6.45, 7) is 10.7. The Labute approximate surface area is 105 Å². The van der Waals surface area contributed by atoms with Gasteiger partial charge < -0.3 is 15.1 Å². The maximum Gasteiger partial charge on any atom is 0.236 e. The first-order valence-electron chi connectivity index (χ1n) is 6.72. The second kappa shape index (κ2) is 6.36. The molecular weight excluding hydrogens is 214 g/mol. The minimum atomic E-state index is 0.0994. The molecule has 0 aromatic rings. The standard InChI is InChI=1S/C13H27N3O/c1-5-13(3,6-2)14-11-12(17)16-9-7-15(4)8-10-16/h14H,5-11H2,1-4H3. The van der Waals surface area contributed by atoms with Gasteiger partial charge in [0.25, 0.3) is 0 Å². The molecule has 1 N–H and O–H groups in total. The van der Waals surface area contributed by atoms with Crippen molar-refractivity contribution in [1.82, 2.24) is 15.1 Å². The van der Waals surface area contributed by atoms with Crippen LogP contribution in [0.2, 0.25) is 0 Å². The highest BCUT2D eigenvalue weighted by Gasteiger charge is 2.23. The molecule has 1 aliphatic heterocycles. The van der Waals surface area contributed by atoms with Crippen molar-refractivity contribution in [3.63, 3.8) is 0 Å². The van der Waals surface area contributed by atoms with Crippen molar-refractivity contribution in [3.8, 4) is 0 Å². The summed E-state index contributed by atoms with van der Waals surface area (Å²) in [5.74, 6) is 0.242. The molecule has 0 spiro atoms. The summed E-state index contributed by atoms with van der Waals surface area (Å²) in [7, 11) is 2.10. The zero-order valence-corrected chi connectivity index (χ0v) is 11.8. The van der Waals surface area contributed by atoms with Gasteiger partial charge in [0.1, 0.15) is 0 Å². The van der Waals surface area contributed by atoms with Gasteiger partial charge in [-0.15, -0.1) is 0 Å². The average molecular weight is 241 g/mol. The Morgan fingerprint density at radius 3 is 2.18 bits per heavy atom. The topological polar surface area (TPSA) is 35.6 Å². The van der Waals surface area contributed by atoms with E-state index in [2.05, 4.69) is 38.0 Å². The number of carbonyl (C=O) groups excluding carboxylic acids is 1. The Morgan fingerprint density at radius 1 is 1.18 bits per heavy atom. The Balaban J connectivity index is 2.34. The Hall–Kier alpha value is -0.610. The molecule has 0 aliphatic carbocycles. The molecule has 1 heterocycles. The molecule has 0 saturated carbocycles. The lowest BCUT2D eigenvalue weighted by Crippen LogP contribution is -2.52. The molecule has 0 radical (unpaired) electrons. The van der Waals surface area contributed by atoms with Crippen LogP contribution in [0.3, 0.4) is 0 Å². The molecule has 100 valence electrons. The molecule has 1 rings (SSSR count). The van der Waals surface area contributed by atoms with Gasteiger partial charge in [-0.1, -0.05) is 13.8 Å². The molecule has 1 aliphatic rings. The zero-order chi connectivity index (χ0) is 12.9. The maximum atomic E-state index is 12.0. The minimum Gasteiger partial charge on any atom is -0.339 e. The van der Waals surface area contributed by atoms with Crippen LogP contribution in [-0.2, 0) is 4.79 Å². The summed E-state index contributed by atoms with van der Waals surface area (Å²) in [6, 6.07) is 0. The third-order valence-electron chi connectivity index (χ3n) is 4.08. The molecule has 0 atom stereocenters. The van der Waals surface area contributed by atoms with E-state index in [-0.39, 0.29) is 11.4 Å². The molecule has 17 heavy (non-hydrogen) atoms. The molecule has 1 saturated heterocycles. The third kappa shape index (κ3) is 4.28. The number of hydrogen-bond acceptors (Lipinski definition) is 3. The number of piperazine rings is 1. The van der Waals surface area contributed by atoms with Gasteiger partial charge in [-0.25, -0.2) is 0 Å². The number of hydrogen-bond donors (Lipinski definition) is 1. The second-order valence-electron chi connectivity index (χ2n) is 5.31. The van der Waals surface area contributed by atoms with Crippen LogP contribution in [0.5, 0.6) is 0 Å². The van der Waals surface area contributed by atoms with Crippen molar-refractivity contribution < 1.29 is 4.79 Å². The van der Waals surface area contributed by atoms with Crippen LogP contribution in [0.4, 0.5) is 0 Å². The maximum absolute atomic E-state index is 12.0. The average Bonchev–Trinajstić information content (AvgIpc) is 2.36. The second-order valence-corrected chi connectivity index (χ2v) is 5.31. The van der Waals surface area contributed by atoms with Crippen molar-refractivity contribution in [2.45, 2.75) is 39.2 Å². The zero-order valence-electron chi connectivity index (χ0n) is 11.8. The summed E-state index contributed by atoms with van der Waals surface area (Å²) in [4.78, 5) is 16.3. The van der Waals surface area contributed by atoms with E-state index >= 15 is 0 Å². The van der Waals surface area contributed by atoms with E-state index in [9.17, 15) is 4.79 Å². The van der Waals surface area contributed by atoms with Gasteiger partial charge in [0.2, 0.25) is 5.91 Å². The normalized spacial score (nSPS) is 18.5. The lowest BCUT2D eigenvalue weighted by molar-refractivity contribution is -0.132. The summed E-state index contributed by atoms with van der Waals surface area (Å²) >= 11 is 0. The number of likely N-dealkylation sites (N-methyl/N-ethyl adjacent to an activating group) is 1. The predicted octanol–water partition coefficient (Wildman–Crippen LogP) is 0.929. The molecular formula is C13H27N3O. The third-order valence-corrected chi connectivity index (χ3v) is 4.08. The van der Waals surface area contributed by atoms with Gasteiger partial charge in [0, 0.05) is 31.7 Å². The molecule has 4 nitrogen and oxygen atoms in total. The minimum absolute atomic E-state index is 0.0994. The summed E-state index contributed by atoms with van der Waals surface area (Å²) in [5.41, 5.74) is 0.0994. The number of carbonyl (C=O) groups is 1. The number of amides is 1. The van der Waals surface area contributed by atoms with Gasteiger partial charge in [0.05, 0.1) is 6.54 Å². The first kappa shape index (κ1) is 14.5. The van der Waals surface area contributed by atoms with Crippen molar-refractivity contribution >= 4 is 5.91 Å². The molecule has 1 fully saturated rings. The van der Waals surface area contributed by atoms with Gasteiger partial charge in [-0.05, 0) is 26.8 Å². The monoisotopic (exact) mass is 241 g/mol. The first-order valence-corrected chi connectivity index (χ1v) is 6.72. The van der Waals surface area contributed by atoms with Gasteiger partial charge in [0.15, 0.2) is 0 Å². The number of nitrogens with zero attached hydrogens (tertiary/aromatic N) is 2. The summed E-state index contributed by atoms with van der Waals surface area (Å²) in [6.07, 6.45) is 2.11. The highest BCUT2D eigenvalue weighted by molar-refractivity contribution is 5.78. The van der Waals surface area contributed by atoms with Gasteiger partial charge in [-0.2, -0.15) is 0 Å². The van der Waals surface area contributed by atoms with Crippen molar-refractivity contribution in [2.75, 3.05) is 39.8 Å². The quantitative estimate of drug-likeness (QED) is 0.778. The van der Waals surface area contributed by atoms with Crippen molar-refractivity contribution in [3.05, 3.63) is 0 Å². The summed E-state index contributed by atoms with van der Waals surface area (Å²) < 4.78 is 0. The van der Waals surface area contributed by atoms with E-state index < -0.39 is 0 Å². The van der Waals surface area contributed by atoms with Crippen LogP contribution in [0.25, 0.3) is 0 Å². The Kier molecular flexibility index (Phi) is 5.40. The van der Waals surface area contributed by atoms with Crippen LogP contribution in [-0.4, -0.2) is 61.0 Å². The molecule has 0 aromatic carbocycles. The molecule has 0 bridgehead atoms. The van der Waals surface area contributed by atoms with E-state index in [1.807, 2.05) is 4.90 Å². The molecule has 1 amide bonds. The van der Waals surface area contributed by atoms with E-state index in [1.165, 1.54) is 0 Å². The molecule has 4 heteroatoms. The van der Waals surface area contributed by atoms with E-state index in [0.717, 1.165) is 39.0 Å². The highest BCUT2D eigenvalue weighted by atomic mass is 16.2. The Morgan fingerprint density at radius 2 is 1.71 bits per heavy atom. The van der Waals surface area contributed by atoms with Gasteiger partial charge in [-0.3, -0.25) is 4.79 Å². The molecule has 0 unspecified atom stereocenters. The van der Waals surface area contributed by atoms with Gasteiger partial charge >= 0.3 is 0 Å². The van der Waals surface area contributed by atoms with Crippen LogP contribution in [0, 0.1) is 0 Å². The van der Waals surface area contributed by atoms with E-state index in [0.29, 0.717) is 6.54 Å². The number of rotatable bonds is 5. The van der Waals surface area contributed by atoms with E-state index in [4.69, 9.17) is 0 Å². The number of nitrogens with one attached hydrogen (secondary N) is 1. The highest BCUT2D eigenvalue weighted by Crippen LogP contribution is 2.13. The fraction of sp³-hybridized carbons (Fsp3) is 0.923. The lowest BCUT2D eigenvalue weighted by Gasteiger charge is -2.34. The molecule has 0 aromatic heterocycles. The lowest BCUT2D eigenvalue weighted by atomic mass is 9.95. The van der Waals surface area contributed by atoms with Crippen LogP contribution in [0.15, 0.2) is 0 Å². The van der Waals surface area contributed by atoms with Crippen LogP contribution < -0.4 is 5.32 Å². The summed E-state index contributed by atoms with van der Waals surface area (Å²) in [5, 5.41) is 3.40. The SMILES string of the molecule is CCC(C)(CC)NCC(=O)N1CCN(C)CC1. The van der Waals surface area contributed by atoms with Crippen molar-refractivity contribution in [1.29, 1.82) is 0 Å².